The van der Waals surface area contributed by atoms with E-state index >= 15 is 0 Å². The highest BCUT2D eigenvalue weighted by Gasteiger charge is 2.32. The van der Waals surface area contributed by atoms with Crippen LogP contribution in [0.2, 0.25) is 0 Å². The summed E-state index contributed by atoms with van der Waals surface area (Å²) in [5.41, 5.74) is 0. The van der Waals surface area contributed by atoms with E-state index in [-0.39, 0.29) is 6.54 Å². The Morgan fingerprint density at radius 1 is 1.35 bits per heavy atom. The molecular formula is C14H27NO2. The normalized spacial score (nSPS) is 27.1. The molecule has 0 amide bonds. The Morgan fingerprint density at radius 2 is 2.00 bits per heavy atom. The Kier molecular flexibility index (Phi) is 5.96. The van der Waals surface area contributed by atoms with Gasteiger partial charge >= 0.3 is 5.97 Å². The molecule has 1 rings (SSSR count). The van der Waals surface area contributed by atoms with E-state index in [0.717, 1.165) is 6.42 Å². The van der Waals surface area contributed by atoms with Crippen LogP contribution < -0.4 is 0 Å². The summed E-state index contributed by atoms with van der Waals surface area (Å²) in [6.07, 6.45) is 7.23. The van der Waals surface area contributed by atoms with E-state index in [4.69, 9.17) is 5.11 Å². The Morgan fingerprint density at radius 3 is 2.53 bits per heavy atom. The Bertz CT molecular complexity index is 242. The van der Waals surface area contributed by atoms with Crippen molar-refractivity contribution in [3.8, 4) is 0 Å². The van der Waals surface area contributed by atoms with Gasteiger partial charge in [0.1, 0.15) is 0 Å². The molecule has 0 bridgehead atoms. The summed E-state index contributed by atoms with van der Waals surface area (Å²) in [6, 6.07) is 0.864. The summed E-state index contributed by atoms with van der Waals surface area (Å²) >= 11 is 0. The predicted octanol–water partition coefficient (Wildman–Crippen LogP) is 3.14. The van der Waals surface area contributed by atoms with Gasteiger partial charge in [0.25, 0.3) is 0 Å². The summed E-state index contributed by atoms with van der Waals surface area (Å²) < 4.78 is 0. The van der Waals surface area contributed by atoms with Gasteiger partial charge < -0.3 is 5.11 Å². The van der Waals surface area contributed by atoms with Crippen LogP contribution in [0.4, 0.5) is 0 Å². The van der Waals surface area contributed by atoms with Gasteiger partial charge in [0.2, 0.25) is 0 Å². The first-order chi connectivity index (χ1) is 8.10. The quantitative estimate of drug-likeness (QED) is 0.776. The van der Waals surface area contributed by atoms with Crippen molar-refractivity contribution in [1.29, 1.82) is 0 Å². The van der Waals surface area contributed by atoms with Crippen LogP contribution in [0.3, 0.4) is 0 Å². The van der Waals surface area contributed by atoms with Crippen LogP contribution in [0.25, 0.3) is 0 Å². The topological polar surface area (TPSA) is 40.5 Å². The zero-order valence-electron chi connectivity index (χ0n) is 11.5. The Balaban J connectivity index is 2.74. The molecule has 1 aliphatic carbocycles. The molecule has 3 heteroatoms. The lowest BCUT2D eigenvalue weighted by Crippen LogP contribution is -2.49. The van der Waals surface area contributed by atoms with Crippen molar-refractivity contribution in [2.24, 2.45) is 5.92 Å². The average Bonchev–Trinajstić information content (AvgIpc) is 2.34. The van der Waals surface area contributed by atoms with E-state index in [9.17, 15) is 4.79 Å². The SMILES string of the molecule is CCC1CCCCC1N(CC(=O)O)C(C)CC. The minimum Gasteiger partial charge on any atom is -0.480 e. The van der Waals surface area contributed by atoms with Crippen molar-refractivity contribution in [1.82, 2.24) is 4.90 Å². The summed E-state index contributed by atoms with van der Waals surface area (Å²) in [6.45, 7) is 6.74. The maximum atomic E-state index is 11.0. The van der Waals surface area contributed by atoms with Crippen LogP contribution in [-0.2, 0) is 4.79 Å². The number of nitrogens with zero attached hydrogens (tertiary/aromatic N) is 1. The zero-order chi connectivity index (χ0) is 12.8. The van der Waals surface area contributed by atoms with Crippen molar-refractivity contribution < 1.29 is 9.90 Å². The van der Waals surface area contributed by atoms with Crippen LogP contribution in [0.15, 0.2) is 0 Å². The molecule has 0 saturated heterocycles. The van der Waals surface area contributed by atoms with E-state index in [0.29, 0.717) is 18.0 Å². The lowest BCUT2D eigenvalue weighted by atomic mass is 9.81. The van der Waals surface area contributed by atoms with Gasteiger partial charge in [-0.15, -0.1) is 0 Å². The Labute approximate surface area is 105 Å². The highest BCUT2D eigenvalue weighted by atomic mass is 16.4. The van der Waals surface area contributed by atoms with Crippen molar-refractivity contribution in [2.75, 3.05) is 6.54 Å². The standard InChI is InChI=1S/C14H27NO2/c1-4-11(3)15(10-14(16)17)13-9-7-6-8-12(13)5-2/h11-13H,4-10H2,1-3H3,(H,16,17). The second-order valence-corrected chi connectivity index (χ2v) is 5.34. The van der Waals surface area contributed by atoms with Gasteiger partial charge in [-0.3, -0.25) is 9.69 Å². The molecule has 3 nitrogen and oxygen atoms in total. The molecule has 0 radical (unpaired) electrons. The molecule has 3 unspecified atom stereocenters. The van der Waals surface area contributed by atoms with Gasteiger partial charge in [-0.1, -0.05) is 33.1 Å². The van der Waals surface area contributed by atoms with Crippen LogP contribution in [0.1, 0.15) is 59.3 Å². The monoisotopic (exact) mass is 241 g/mol. The number of carboxylic acids is 1. The van der Waals surface area contributed by atoms with Crippen LogP contribution in [-0.4, -0.2) is 34.6 Å². The molecular weight excluding hydrogens is 214 g/mol. The first-order valence-electron chi connectivity index (χ1n) is 7.07. The van der Waals surface area contributed by atoms with Gasteiger partial charge in [0.15, 0.2) is 0 Å². The molecule has 0 aromatic carbocycles. The maximum Gasteiger partial charge on any atom is 0.317 e. The highest BCUT2D eigenvalue weighted by molar-refractivity contribution is 5.69. The van der Waals surface area contributed by atoms with Crippen LogP contribution in [0, 0.1) is 5.92 Å². The van der Waals surface area contributed by atoms with E-state index in [1.54, 1.807) is 0 Å². The fourth-order valence-corrected chi connectivity index (χ4v) is 3.09. The van der Waals surface area contributed by atoms with Gasteiger partial charge in [-0.2, -0.15) is 0 Å². The van der Waals surface area contributed by atoms with Crippen molar-refractivity contribution >= 4 is 5.97 Å². The summed E-state index contributed by atoms with van der Waals surface area (Å²) in [5, 5.41) is 9.08. The molecule has 1 aliphatic rings. The lowest BCUT2D eigenvalue weighted by Gasteiger charge is -2.42. The van der Waals surface area contributed by atoms with Gasteiger partial charge in [0.05, 0.1) is 6.54 Å². The predicted molar refractivity (Wildman–Crippen MR) is 70.1 cm³/mol. The van der Waals surface area contributed by atoms with E-state index in [1.165, 1.54) is 32.1 Å². The number of carbonyl (C=O) groups is 1. The maximum absolute atomic E-state index is 11.0. The number of hydrogen-bond acceptors (Lipinski definition) is 2. The van der Waals surface area contributed by atoms with E-state index in [2.05, 4.69) is 25.7 Å². The molecule has 3 atom stereocenters. The van der Waals surface area contributed by atoms with Crippen molar-refractivity contribution in [3.63, 3.8) is 0 Å². The third-order valence-electron chi connectivity index (χ3n) is 4.29. The molecule has 1 saturated carbocycles. The molecule has 0 aromatic rings. The van der Waals surface area contributed by atoms with E-state index in [1.807, 2.05) is 0 Å². The van der Waals surface area contributed by atoms with Crippen LogP contribution in [0.5, 0.6) is 0 Å². The third-order valence-corrected chi connectivity index (χ3v) is 4.29. The van der Waals surface area contributed by atoms with Crippen molar-refractivity contribution in [2.45, 2.75) is 71.4 Å². The minimum atomic E-state index is -0.689. The number of aliphatic carboxylic acids is 1. The minimum absolute atomic E-state index is 0.205. The third kappa shape index (κ3) is 3.98. The Hall–Kier alpha value is -0.570. The summed E-state index contributed by atoms with van der Waals surface area (Å²) in [7, 11) is 0. The van der Waals surface area contributed by atoms with Gasteiger partial charge in [0, 0.05) is 12.1 Å². The first-order valence-corrected chi connectivity index (χ1v) is 7.07. The second kappa shape index (κ2) is 7.00. The molecule has 1 fully saturated rings. The zero-order valence-corrected chi connectivity index (χ0v) is 11.5. The molecule has 17 heavy (non-hydrogen) atoms. The largest absolute Gasteiger partial charge is 0.480 e. The average molecular weight is 241 g/mol. The number of carboxylic acid groups (broad SMARTS) is 1. The summed E-state index contributed by atoms with van der Waals surface area (Å²) in [4.78, 5) is 13.3. The molecule has 0 aromatic heterocycles. The molecule has 0 aliphatic heterocycles. The molecule has 1 N–H and O–H groups in total. The fraction of sp³-hybridized carbons (Fsp3) is 0.929. The highest BCUT2D eigenvalue weighted by Crippen LogP contribution is 2.32. The van der Waals surface area contributed by atoms with Gasteiger partial charge in [-0.05, 0) is 32.1 Å². The first kappa shape index (κ1) is 14.5. The molecule has 100 valence electrons. The fourth-order valence-electron chi connectivity index (χ4n) is 3.09. The molecule has 0 spiro atoms. The van der Waals surface area contributed by atoms with Crippen molar-refractivity contribution in [3.05, 3.63) is 0 Å². The molecule has 0 heterocycles. The number of hydrogen-bond donors (Lipinski definition) is 1. The lowest BCUT2D eigenvalue weighted by molar-refractivity contribution is -0.140. The second-order valence-electron chi connectivity index (χ2n) is 5.34. The number of rotatable bonds is 6. The summed E-state index contributed by atoms with van der Waals surface area (Å²) in [5.74, 6) is 0.00262. The van der Waals surface area contributed by atoms with Crippen LogP contribution >= 0.6 is 0 Å². The van der Waals surface area contributed by atoms with Gasteiger partial charge in [-0.25, -0.2) is 0 Å². The smallest absolute Gasteiger partial charge is 0.317 e. The van der Waals surface area contributed by atoms with E-state index < -0.39 is 5.97 Å².